The van der Waals surface area contributed by atoms with Crippen molar-refractivity contribution in [1.82, 2.24) is 5.32 Å². The van der Waals surface area contributed by atoms with Gasteiger partial charge in [-0.3, -0.25) is 10.1 Å². The standard InChI is InChI=1S/C22H18Cl2N2O3/c23-16-9-17(24)11-18(10-16)26-22(27)21(15-4-2-1-3-5-15)25-12-14-6-7-19-20(8-14)29-13-28-19/h1-11,21,25H,12-13H2,(H,26,27)/t21-/m1/s1. The minimum atomic E-state index is -0.570. The average molecular weight is 429 g/mol. The summed E-state index contributed by atoms with van der Waals surface area (Å²) in [5.74, 6) is 1.22. The van der Waals surface area contributed by atoms with Crippen molar-refractivity contribution in [3.8, 4) is 11.5 Å². The van der Waals surface area contributed by atoms with Crippen molar-refractivity contribution >= 4 is 34.8 Å². The normalized spacial score (nSPS) is 13.2. The number of hydrogen-bond donors (Lipinski definition) is 2. The van der Waals surface area contributed by atoms with Gasteiger partial charge in [-0.2, -0.15) is 0 Å². The van der Waals surface area contributed by atoms with Gasteiger partial charge >= 0.3 is 0 Å². The fourth-order valence-corrected chi connectivity index (χ4v) is 3.64. The summed E-state index contributed by atoms with van der Waals surface area (Å²) in [6.45, 7) is 0.698. The van der Waals surface area contributed by atoms with E-state index in [1.165, 1.54) is 0 Å². The van der Waals surface area contributed by atoms with E-state index in [0.29, 0.717) is 28.0 Å². The summed E-state index contributed by atoms with van der Waals surface area (Å²) < 4.78 is 10.8. The SMILES string of the molecule is O=C(Nc1cc(Cl)cc(Cl)c1)[C@H](NCc1ccc2c(c1)OCO2)c1ccccc1. The molecule has 0 spiro atoms. The van der Waals surface area contributed by atoms with E-state index in [9.17, 15) is 4.79 Å². The zero-order chi connectivity index (χ0) is 20.2. The largest absolute Gasteiger partial charge is 0.454 e. The van der Waals surface area contributed by atoms with Crippen LogP contribution >= 0.6 is 23.2 Å². The van der Waals surface area contributed by atoms with Crippen molar-refractivity contribution in [3.05, 3.63) is 87.9 Å². The monoisotopic (exact) mass is 428 g/mol. The number of ether oxygens (including phenoxy) is 2. The van der Waals surface area contributed by atoms with Crippen LogP contribution in [0.25, 0.3) is 0 Å². The quantitative estimate of drug-likeness (QED) is 0.566. The Morgan fingerprint density at radius 2 is 1.66 bits per heavy atom. The van der Waals surface area contributed by atoms with Crippen LogP contribution in [-0.4, -0.2) is 12.7 Å². The molecule has 0 bridgehead atoms. The van der Waals surface area contributed by atoms with E-state index in [0.717, 1.165) is 16.9 Å². The van der Waals surface area contributed by atoms with Crippen LogP contribution in [0.5, 0.6) is 11.5 Å². The topological polar surface area (TPSA) is 59.6 Å². The molecule has 148 valence electrons. The number of benzene rings is 3. The van der Waals surface area contributed by atoms with Gasteiger partial charge in [-0.1, -0.05) is 59.6 Å². The number of hydrogen-bond acceptors (Lipinski definition) is 4. The molecule has 2 N–H and O–H groups in total. The highest BCUT2D eigenvalue weighted by atomic mass is 35.5. The molecule has 1 amide bonds. The molecule has 0 fully saturated rings. The maximum absolute atomic E-state index is 13.0. The molecule has 5 nitrogen and oxygen atoms in total. The third-order valence-corrected chi connectivity index (χ3v) is 4.91. The van der Waals surface area contributed by atoms with Crippen LogP contribution in [-0.2, 0) is 11.3 Å². The Morgan fingerprint density at radius 3 is 2.41 bits per heavy atom. The minimum Gasteiger partial charge on any atom is -0.454 e. The van der Waals surface area contributed by atoms with Gasteiger partial charge in [0.25, 0.3) is 0 Å². The number of fused-ring (bicyclic) bond motifs is 1. The molecule has 0 aromatic heterocycles. The molecule has 0 saturated carbocycles. The molecule has 4 rings (SSSR count). The highest BCUT2D eigenvalue weighted by molar-refractivity contribution is 6.35. The Morgan fingerprint density at radius 1 is 0.931 bits per heavy atom. The van der Waals surface area contributed by atoms with Gasteiger partial charge in [0.2, 0.25) is 12.7 Å². The summed E-state index contributed by atoms with van der Waals surface area (Å²) in [4.78, 5) is 13.0. The zero-order valence-electron chi connectivity index (χ0n) is 15.3. The van der Waals surface area contributed by atoms with E-state index in [1.54, 1.807) is 18.2 Å². The number of rotatable bonds is 6. The van der Waals surface area contributed by atoms with Gasteiger partial charge < -0.3 is 14.8 Å². The first-order valence-corrected chi connectivity index (χ1v) is 9.78. The number of nitrogens with one attached hydrogen (secondary N) is 2. The molecule has 3 aromatic rings. The number of amides is 1. The van der Waals surface area contributed by atoms with Crippen molar-refractivity contribution < 1.29 is 14.3 Å². The second-order valence-corrected chi connectivity index (χ2v) is 7.43. The van der Waals surface area contributed by atoms with Crippen molar-refractivity contribution in [2.24, 2.45) is 0 Å². The Bertz CT molecular complexity index is 1010. The Kier molecular flexibility index (Phi) is 5.90. The first kappa shape index (κ1) is 19.6. The third kappa shape index (κ3) is 4.82. The lowest BCUT2D eigenvalue weighted by Crippen LogP contribution is -2.32. The van der Waals surface area contributed by atoms with Crippen molar-refractivity contribution in [3.63, 3.8) is 0 Å². The highest BCUT2D eigenvalue weighted by Crippen LogP contribution is 2.32. The van der Waals surface area contributed by atoms with E-state index in [2.05, 4.69) is 10.6 Å². The smallest absolute Gasteiger partial charge is 0.246 e. The van der Waals surface area contributed by atoms with Gasteiger partial charge in [0.15, 0.2) is 11.5 Å². The molecule has 0 saturated heterocycles. The predicted molar refractivity (Wildman–Crippen MR) is 114 cm³/mol. The van der Waals surface area contributed by atoms with E-state index >= 15 is 0 Å². The third-order valence-electron chi connectivity index (χ3n) is 4.47. The lowest BCUT2D eigenvalue weighted by molar-refractivity contribution is -0.118. The maximum atomic E-state index is 13.0. The summed E-state index contributed by atoms with van der Waals surface area (Å²) in [5, 5.41) is 7.12. The number of carbonyl (C=O) groups excluding carboxylic acids is 1. The summed E-state index contributed by atoms with van der Waals surface area (Å²) in [5.41, 5.74) is 2.37. The Balaban J connectivity index is 1.52. The lowest BCUT2D eigenvalue weighted by Gasteiger charge is -2.19. The molecule has 3 aromatic carbocycles. The van der Waals surface area contributed by atoms with E-state index < -0.39 is 6.04 Å². The number of halogens is 2. The van der Waals surface area contributed by atoms with Gasteiger partial charge in [0.05, 0.1) is 0 Å². The Hall–Kier alpha value is -2.73. The molecule has 7 heteroatoms. The summed E-state index contributed by atoms with van der Waals surface area (Å²) in [6, 6.07) is 19.6. The fraction of sp³-hybridized carbons (Fsp3) is 0.136. The highest BCUT2D eigenvalue weighted by Gasteiger charge is 2.21. The van der Waals surface area contributed by atoms with Gasteiger partial charge in [-0.15, -0.1) is 0 Å². The van der Waals surface area contributed by atoms with Crippen molar-refractivity contribution in [2.45, 2.75) is 12.6 Å². The van der Waals surface area contributed by atoms with Crippen LogP contribution in [0.3, 0.4) is 0 Å². The van der Waals surface area contributed by atoms with Gasteiger partial charge in [0, 0.05) is 22.3 Å². The molecule has 0 aliphatic carbocycles. The van der Waals surface area contributed by atoms with Crippen LogP contribution in [0.15, 0.2) is 66.7 Å². The maximum Gasteiger partial charge on any atom is 0.246 e. The average Bonchev–Trinajstić information content (AvgIpc) is 3.16. The van der Waals surface area contributed by atoms with Crippen molar-refractivity contribution in [2.75, 3.05) is 12.1 Å². The van der Waals surface area contributed by atoms with Crippen molar-refractivity contribution in [1.29, 1.82) is 0 Å². The van der Waals surface area contributed by atoms with Gasteiger partial charge in [-0.25, -0.2) is 0 Å². The molecule has 1 atom stereocenters. The molecular weight excluding hydrogens is 411 g/mol. The number of carbonyl (C=O) groups is 1. The van der Waals surface area contributed by atoms with Crippen LogP contribution < -0.4 is 20.1 Å². The van der Waals surface area contributed by atoms with E-state index in [-0.39, 0.29) is 12.7 Å². The predicted octanol–water partition coefficient (Wildman–Crippen LogP) is 5.19. The lowest BCUT2D eigenvalue weighted by atomic mass is 10.1. The summed E-state index contributed by atoms with van der Waals surface area (Å²) in [7, 11) is 0. The van der Waals surface area contributed by atoms with Crippen LogP contribution in [0, 0.1) is 0 Å². The van der Waals surface area contributed by atoms with E-state index in [4.69, 9.17) is 32.7 Å². The number of anilines is 1. The fourth-order valence-electron chi connectivity index (χ4n) is 3.12. The molecule has 29 heavy (non-hydrogen) atoms. The summed E-state index contributed by atoms with van der Waals surface area (Å²) >= 11 is 12.1. The van der Waals surface area contributed by atoms with Crippen LogP contribution in [0.4, 0.5) is 5.69 Å². The molecule has 1 aliphatic rings. The zero-order valence-corrected chi connectivity index (χ0v) is 16.8. The first-order chi connectivity index (χ1) is 14.1. The molecule has 1 aliphatic heterocycles. The van der Waals surface area contributed by atoms with Crippen LogP contribution in [0.1, 0.15) is 17.2 Å². The molecular formula is C22H18Cl2N2O3. The van der Waals surface area contributed by atoms with E-state index in [1.807, 2.05) is 48.5 Å². The van der Waals surface area contributed by atoms with Crippen LogP contribution in [0.2, 0.25) is 10.0 Å². The molecule has 0 radical (unpaired) electrons. The second kappa shape index (κ2) is 8.74. The van der Waals surface area contributed by atoms with Gasteiger partial charge in [-0.05, 0) is 41.5 Å². The van der Waals surface area contributed by atoms with Gasteiger partial charge in [0.1, 0.15) is 6.04 Å². The second-order valence-electron chi connectivity index (χ2n) is 6.56. The molecule has 0 unspecified atom stereocenters. The Labute approximate surface area is 178 Å². The first-order valence-electron chi connectivity index (χ1n) is 9.02. The molecule has 1 heterocycles. The minimum absolute atomic E-state index is 0.213. The summed E-state index contributed by atoms with van der Waals surface area (Å²) in [6.07, 6.45) is 0.